The Labute approximate surface area is 44.4 Å². The van der Waals surface area contributed by atoms with Crippen LogP contribution in [0.2, 0.25) is 0 Å². The summed E-state index contributed by atoms with van der Waals surface area (Å²) in [6.07, 6.45) is 3.31. The van der Waals surface area contributed by atoms with Crippen molar-refractivity contribution in [2.75, 3.05) is 13.1 Å². The van der Waals surface area contributed by atoms with Gasteiger partial charge in [-0.3, -0.25) is 0 Å². The first kappa shape index (κ1) is 4.85. The van der Waals surface area contributed by atoms with E-state index >= 15 is 0 Å². The van der Waals surface area contributed by atoms with Gasteiger partial charge in [-0.15, -0.1) is 6.58 Å². The Hall–Kier alpha value is -0.300. The predicted octanol–water partition coefficient (Wildman–Crippen LogP) is 0.782. The summed E-state index contributed by atoms with van der Waals surface area (Å²) in [7, 11) is 0. The molecule has 0 amide bonds. The molecule has 0 unspecified atom stereocenters. The summed E-state index contributed by atoms with van der Waals surface area (Å²) in [6.45, 7) is 6.02. The van der Waals surface area contributed by atoms with Gasteiger partial charge in [0.2, 0.25) is 0 Å². The molecule has 1 heteroatoms. The lowest BCUT2D eigenvalue weighted by Gasteiger charge is -1.93. The lowest BCUT2D eigenvalue weighted by atomic mass is 10.1. The molecule has 1 aliphatic rings. The number of nitrogens with one attached hydrogen (secondary N) is 1. The maximum Gasteiger partial charge on any atom is 0.00145 e. The molecule has 7 heavy (non-hydrogen) atoms. The maximum atomic E-state index is 3.70. The standard InChI is InChI=1S/C6H11N/c1-2-6-3-4-7-5-6/h2,6-7H,1,3-5H2/t6-/m0/s1. The van der Waals surface area contributed by atoms with E-state index in [1.54, 1.807) is 0 Å². The highest BCUT2D eigenvalue weighted by molar-refractivity contribution is 4.84. The normalized spacial score (nSPS) is 30.6. The molecular formula is C6H11N. The fraction of sp³-hybridized carbons (Fsp3) is 0.667. The lowest BCUT2D eigenvalue weighted by Crippen LogP contribution is -2.06. The molecular weight excluding hydrogens is 86.1 g/mol. The van der Waals surface area contributed by atoms with Gasteiger partial charge in [0.25, 0.3) is 0 Å². The van der Waals surface area contributed by atoms with Crippen LogP contribution in [0.15, 0.2) is 12.7 Å². The zero-order valence-electron chi connectivity index (χ0n) is 4.48. The van der Waals surface area contributed by atoms with Crippen molar-refractivity contribution in [3.05, 3.63) is 12.7 Å². The van der Waals surface area contributed by atoms with Crippen LogP contribution in [0, 0.1) is 5.92 Å². The number of hydrogen-bond acceptors (Lipinski definition) is 1. The van der Waals surface area contributed by atoms with E-state index < -0.39 is 0 Å². The lowest BCUT2D eigenvalue weighted by molar-refractivity contribution is 0.730. The molecule has 1 saturated heterocycles. The second-order valence-corrected chi connectivity index (χ2v) is 1.99. The number of rotatable bonds is 1. The van der Waals surface area contributed by atoms with Gasteiger partial charge in [-0.1, -0.05) is 6.08 Å². The van der Waals surface area contributed by atoms with Gasteiger partial charge in [-0.05, 0) is 18.9 Å². The summed E-state index contributed by atoms with van der Waals surface area (Å²) in [4.78, 5) is 0. The highest BCUT2D eigenvalue weighted by Gasteiger charge is 2.08. The Kier molecular flexibility index (Phi) is 1.47. The third kappa shape index (κ3) is 1.03. The van der Waals surface area contributed by atoms with Crippen molar-refractivity contribution in [3.63, 3.8) is 0 Å². The summed E-state index contributed by atoms with van der Waals surface area (Å²) >= 11 is 0. The monoisotopic (exact) mass is 97.1 g/mol. The average molecular weight is 97.2 g/mol. The van der Waals surface area contributed by atoms with E-state index in [0.29, 0.717) is 0 Å². The highest BCUT2D eigenvalue weighted by atomic mass is 14.9. The molecule has 1 rings (SSSR count). The van der Waals surface area contributed by atoms with Crippen LogP contribution in [0.1, 0.15) is 6.42 Å². The van der Waals surface area contributed by atoms with Crippen LogP contribution in [0.4, 0.5) is 0 Å². The zero-order valence-corrected chi connectivity index (χ0v) is 4.48. The zero-order chi connectivity index (χ0) is 5.11. The highest BCUT2D eigenvalue weighted by Crippen LogP contribution is 2.06. The Bertz CT molecular complexity index is 62.6. The molecule has 0 aliphatic carbocycles. The SMILES string of the molecule is C=C[C@H]1CCNC1. The minimum atomic E-state index is 0.750. The topological polar surface area (TPSA) is 12.0 Å². The molecule has 0 spiro atoms. The molecule has 1 nitrogen and oxygen atoms in total. The van der Waals surface area contributed by atoms with Gasteiger partial charge < -0.3 is 5.32 Å². The van der Waals surface area contributed by atoms with Gasteiger partial charge in [-0.25, -0.2) is 0 Å². The Morgan fingerprint density at radius 1 is 1.71 bits per heavy atom. The molecule has 0 aromatic rings. The second kappa shape index (κ2) is 2.12. The largest absolute Gasteiger partial charge is 0.316 e. The summed E-state index contributed by atoms with van der Waals surface area (Å²) in [5.41, 5.74) is 0. The van der Waals surface area contributed by atoms with Crippen molar-refractivity contribution in [2.24, 2.45) is 5.92 Å². The molecule has 1 aliphatic heterocycles. The molecule has 0 aromatic carbocycles. The van der Waals surface area contributed by atoms with Crippen molar-refractivity contribution >= 4 is 0 Å². The van der Waals surface area contributed by atoms with E-state index in [2.05, 4.69) is 11.9 Å². The average Bonchev–Trinajstić information content (AvgIpc) is 2.14. The van der Waals surface area contributed by atoms with Gasteiger partial charge in [0, 0.05) is 6.54 Å². The first-order valence-electron chi connectivity index (χ1n) is 2.77. The van der Waals surface area contributed by atoms with E-state index in [1.165, 1.54) is 13.0 Å². The van der Waals surface area contributed by atoms with Crippen molar-refractivity contribution in [2.45, 2.75) is 6.42 Å². The minimum Gasteiger partial charge on any atom is -0.316 e. The van der Waals surface area contributed by atoms with Crippen LogP contribution < -0.4 is 5.32 Å². The molecule has 0 radical (unpaired) electrons. The van der Waals surface area contributed by atoms with Crippen molar-refractivity contribution in [1.82, 2.24) is 5.32 Å². The molecule has 1 atom stereocenters. The van der Waals surface area contributed by atoms with E-state index in [0.717, 1.165) is 12.5 Å². The summed E-state index contributed by atoms with van der Waals surface area (Å²) in [5, 5.41) is 3.25. The van der Waals surface area contributed by atoms with Gasteiger partial charge in [-0.2, -0.15) is 0 Å². The van der Waals surface area contributed by atoms with Crippen LogP contribution in [0.25, 0.3) is 0 Å². The Morgan fingerprint density at radius 3 is 2.86 bits per heavy atom. The molecule has 0 saturated carbocycles. The third-order valence-corrected chi connectivity index (χ3v) is 1.43. The fourth-order valence-electron chi connectivity index (χ4n) is 0.878. The minimum absolute atomic E-state index is 0.750. The molecule has 1 N–H and O–H groups in total. The summed E-state index contributed by atoms with van der Waals surface area (Å²) in [6, 6.07) is 0. The van der Waals surface area contributed by atoms with Gasteiger partial charge in [0.1, 0.15) is 0 Å². The summed E-state index contributed by atoms with van der Waals surface area (Å²) < 4.78 is 0. The fourth-order valence-corrected chi connectivity index (χ4v) is 0.878. The van der Waals surface area contributed by atoms with Crippen LogP contribution >= 0.6 is 0 Å². The van der Waals surface area contributed by atoms with E-state index in [-0.39, 0.29) is 0 Å². The molecule has 40 valence electrons. The van der Waals surface area contributed by atoms with Gasteiger partial charge in [0.15, 0.2) is 0 Å². The quantitative estimate of drug-likeness (QED) is 0.477. The van der Waals surface area contributed by atoms with Crippen LogP contribution in [-0.4, -0.2) is 13.1 Å². The van der Waals surface area contributed by atoms with Crippen LogP contribution in [0.5, 0.6) is 0 Å². The Balaban J connectivity index is 2.26. The van der Waals surface area contributed by atoms with E-state index in [9.17, 15) is 0 Å². The summed E-state index contributed by atoms with van der Waals surface area (Å²) in [5.74, 6) is 0.750. The van der Waals surface area contributed by atoms with Crippen molar-refractivity contribution in [1.29, 1.82) is 0 Å². The van der Waals surface area contributed by atoms with Gasteiger partial charge in [0.05, 0.1) is 0 Å². The third-order valence-electron chi connectivity index (χ3n) is 1.43. The molecule has 0 aromatic heterocycles. The molecule has 1 heterocycles. The van der Waals surface area contributed by atoms with E-state index in [1.807, 2.05) is 6.08 Å². The van der Waals surface area contributed by atoms with Crippen molar-refractivity contribution in [3.8, 4) is 0 Å². The second-order valence-electron chi connectivity index (χ2n) is 1.99. The van der Waals surface area contributed by atoms with Crippen LogP contribution in [0.3, 0.4) is 0 Å². The van der Waals surface area contributed by atoms with Gasteiger partial charge >= 0.3 is 0 Å². The van der Waals surface area contributed by atoms with E-state index in [4.69, 9.17) is 0 Å². The molecule has 0 bridgehead atoms. The first-order valence-corrected chi connectivity index (χ1v) is 2.77. The predicted molar refractivity (Wildman–Crippen MR) is 31.2 cm³/mol. The van der Waals surface area contributed by atoms with Crippen LogP contribution in [-0.2, 0) is 0 Å². The Morgan fingerprint density at radius 2 is 2.57 bits per heavy atom. The smallest absolute Gasteiger partial charge is 0.00145 e. The van der Waals surface area contributed by atoms with Crippen molar-refractivity contribution < 1.29 is 0 Å². The first-order chi connectivity index (χ1) is 3.43. The maximum absolute atomic E-state index is 3.70. The number of hydrogen-bond donors (Lipinski definition) is 1. The molecule has 1 fully saturated rings.